The van der Waals surface area contributed by atoms with Crippen molar-refractivity contribution in [2.24, 2.45) is 0 Å². The van der Waals surface area contributed by atoms with Gasteiger partial charge in [0, 0.05) is 86.2 Å². The maximum atomic E-state index is 2.55. The lowest BCUT2D eigenvalue weighted by molar-refractivity contribution is 1.19. The lowest BCUT2D eigenvalue weighted by atomic mass is 9.99. The summed E-state index contributed by atoms with van der Waals surface area (Å²) in [6, 6.07) is 127. The number of fused-ring (bicyclic) bond motifs is 24. The van der Waals surface area contributed by atoms with Crippen LogP contribution in [-0.4, -0.2) is 27.1 Å². The molecule has 0 aliphatic rings. The fraction of sp³-hybridized carbons (Fsp3) is 0. The number of rotatable bonds is 7. The molecule has 0 bridgehead atoms. The summed E-state index contributed by atoms with van der Waals surface area (Å²) in [5.41, 5.74) is 28.6. The molecule has 470 valence electrons. The molecule has 102 heavy (non-hydrogen) atoms. The van der Waals surface area contributed by atoms with Gasteiger partial charge in [-0.2, -0.15) is 0 Å². The SMILES string of the molecule is c1ccc(-c2ccc3c(c2)c2ccccc2n3-c2cccc3c2c2cccc4c5c(-n6c7ccc(-c8ccccc8)cc7c7cc(-c8ccc9c(c8)c8ccccc8n9-c8cccc9c8c8cccc%10c%11c(-n%12c%13ccccc%13c%13ccccc%13%12)cccc%11n9c%108)ccc76)cccc5n3c24)cc1. The molecule has 0 fully saturated rings. The van der Waals surface area contributed by atoms with E-state index >= 15 is 0 Å². The molecule has 8 heterocycles. The Bertz CT molecular complexity index is 7680. The summed E-state index contributed by atoms with van der Waals surface area (Å²) in [5.74, 6) is 0. The normalized spacial score (nSPS) is 12.5. The second kappa shape index (κ2) is 20.0. The maximum Gasteiger partial charge on any atom is 0.0622 e. The number of benzene rings is 16. The number of hydrogen-bond acceptors (Lipinski definition) is 0. The Morgan fingerprint density at radius 3 is 0.657 bits per heavy atom. The molecule has 0 N–H and O–H groups in total. The Kier molecular flexibility index (Phi) is 10.7. The number of para-hydroxylation sites is 6. The average Bonchev–Trinajstić information content (AvgIpc) is 1.53. The first-order chi connectivity index (χ1) is 50.7. The van der Waals surface area contributed by atoms with Crippen LogP contribution >= 0.6 is 0 Å². The molecular formula is C96H56N6. The van der Waals surface area contributed by atoms with Crippen molar-refractivity contribution in [3.8, 4) is 56.1 Å². The van der Waals surface area contributed by atoms with Crippen LogP contribution in [0.4, 0.5) is 0 Å². The van der Waals surface area contributed by atoms with Crippen molar-refractivity contribution >= 4 is 163 Å². The summed E-state index contributed by atoms with van der Waals surface area (Å²) >= 11 is 0. The fourth-order valence-corrected chi connectivity index (χ4v) is 18.7. The Balaban J connectivity index is 0.677. The first kappa shape index (κ1) is 54.3. The van der Waals surface area contributed by atoms with Crippen molar-refractivity contribution in [1.82, 2.24) is 27.1 Å². The van der Waals surface area contributed by atoms with Crippen molar-refractivity contribution in [2.45, 2.75) is 0 Å². The topological polar surface area (TPSA) is 28.5 Å². The second-order valence-corrected chi connectivity index (χ2v) is 27.8. The molecule has 24 rings (SSSR count). The minimum atomic E-state index is 1.16. The number of aromatic nitrogens is 6. The molecule has 0 atom stereocenters. The van der Waals surface area contributed by atoms with E-state index in [9.17, 15) is 0 Å². The third-order valence-corrected chi connectivity index (χ3v) is 22.8. The van der Waals surface area contributed by atoms with E-state index in [4.69, 9.17) is 0 Å². The Labute approximate surface area is 582 Å². The van der Waals surface area contributed by atoms with Crippen LogP contribution in [0.1, 0.15) is 0 Å². The van der Waals surface area contributed by atoms with Crippen molar-refractivity contribution < 1.29 is 0 Å². The molecule has 16 aromatic carbocycles. The Morgan fingerprint density at radius 1 is 0.137 bits per heavy atom. The first-order valence-corrected chi connectivity index (χ1v) is 35.3. The van der Waals surface area contributed by atoms with Crippen LogP contribution in [0, 0.1) is 0 Å². The van der Waals surface area contributed by atoms with Gasteiger partial charge in [0.2, 0.25) is 0 Å². The summed E-state index contributed by atoms with van der Waals surface area (Å²) in [6.45, 7) is 0. The first-order valence-electron chi connectivity index (χ1n) is 35.3. The molecule has 0 aliphatic heterocycles. The zero-order valence-electron chi connectivity index (χ0n) is 55.0. The molecular weight excluding hydrogens is 1240 g/mol. The van der Waals surface area contributed by atoms with Gasteiger partial charge in [0.25, 0.3) is 0 Å². The lowest BCUT2D eigenvalue weighted by Crippen LogP contribution is -1.96. The smallest absolute Gasteiger partial charge is 0.0622 e. The highest BCUT2D eigenvalue weighted by Crippen LogP contribution is 2.50. The molecule has 8 aromatic heterocycles. The summed E-state index contributed by atoms with van der Waals surface area (Å²) in [7, 11) is 0. The van der Waals surface area contributed by atoms with Crippen molar-refractivity contribution in [1.29, 1.82) is 0 Å². The lowest BCUT2D eigenvalue weighted by Gasteiger charge is -2.13. The molecule has 0 radical (unpaired) electrons. The summed E-state index contributed by atoms with van der Waals surface area (Å²) < 4.78 is 15.1. The Morgan fingerprint density at radius 2 is 0.353 bits per heavy atom. The van der Waals surface area contributed by atoms with E-state index in [2.05, 4.69) is 367 Å². The predicted octanol–water partition coefficient (Wildman–Crippen LogP) is 25.4. The number of nitrogens with zero attached hydrogens (tertiary/aromatic N) is 6. The van der Waals surface area contributed by atoms with Crippen LogP contribution in [-0.2, 0) is 0 Å². The van der Waals surface area contributed by atoms with E-state index in [1.54, 1.807) is 0 Å². The standard InChI is InChI=1S/C96H56N6/c1-3-21-57(22-4-1)59-45-49-79-71(53-59)65-27-9-13-35-77(65)98(79)84-38-18-43-89-92(84)69-31-16-32-70-94-86(40-20-44-90(94)102(89)96(69)70)100-81-50-46-60(58-23-5-2-6-24-58)54-73(81)74-56-62(48-52-82(74)100)61-47-51-80-72(55-61)66-28-10-14-36-78(66)99(80)85-39-19-42-88-93(85)68-30-15-29-67-91-83(37-17-41-87(91)101(88)95(67)68)97-75-33-11-7-25-63(75)64-26-8-12-34-76(64)97/h1-56H. The van der Waals surface area contributed by atoms with E-state index in [1.165, 1.54) is 208 Å². The summed E-state index contributed by atoms with van der Waals surface area (Å²) in [6.07, 6.45) is 0. The third kappa shape index (κ3) is 7.06. The second-order valence-electron chi connectivity index (χ2n) is 27.8. The Hall–Kier alpha value is -13.7. The molecule has 6 nitrogen and oxygen atoms in total. The average molecular weight is 1290 g/mol. The molecule has 0 unspecified atom stereocenters. The van der Waals surface area contributed by atoms with Gasteiger partial charge in [0.05, 0.1) is 100.0 Å². The summed E-state index contributed by atoms with van der Waals surface area (Å²) in [4.78, 5) is 0. The quantitative estimate of drug-likeness (QED) is 0.152. The van der Waals surface area contributed by atoms with Gasteiger partial charge in [-0.25, -0.2) is 0 Å². The molecule has 0 aliphatic carbocycles. The molecule has 0 saturated carbocycles. The zero-order chi connectivity index (χ0) is 66.2. The van der Waals surface area contributed by atoms with Gasteiger partial charge in [0.1, 0.15) is 0 Å². The minimum absolute atomic E-state index is 1.16. The van der Waals surface area contributed by atoms with Gasteiger partial charge in [0.15, 0.2) is 0 Å². The van der Waals surface area contributed by atoms with Gasteiger partial charge >= 0.3 is 0 Å². The third-order valence-electron chi connectivity index (χ3n) is 22.8. The van der Waals surface area contributed by atoms with Gasteiger partial charge in [-0.3, -0.25) is 0 Å². The largest absolute Gasteiger partial charge is 0.309 e. The predicted molar refractivity (Wildman–Crippen MR) is 429 cm³/mol. The van der Waals surface area contributed by atoms with Crippen LogP contribution in [0.2, 0.25) is 0 Å². The van der Waals surface area contributed by atoms with E-state index in [0.29, 0.717) is 0 Å². The van der Waals surface area contributed by atoms with Gasteiger partial charge in [-0.15, -0.1) is 0 Å². The van der Waals surface area contributed by atoms with Crippen molar-refractivity contribution in [2.75, 3.05) is 0 Å². The van der Waals surface area contributed by atoms with Crippen LogP contribution < -0.4 is 0 Å². The van der Waals surface area contributed by atoms with E-state index < -0.39 is 0 Å². The minimum Gasteiger partial charge on any atom is -0.309 e. The highest BCUT2D eigenvalue weighted by atomic mass is 15.0. The summed E-state index contributed by atoms with van der Waals surface area (Å²) in [5, 5.41) is 19.9. The number of hydrogen-bond donors (Lipinski definition) is 0. The van der Waals surface area contributed by atoms with Crippen molar-refractivity contribution in [3.05, 3.63) is 340 Å². The van der Waals surface area contributed by atoms with Crippen LogP contribution in [0.3, 0.4) is 0 Å². The van der Waals surface area contributed by atoms with Crippen LogP contribution in [0.15, 0.2) is 340 Å². The van der Waals surface area contributed by atoms with Crippen LogP contribution in [0.25, 0.3) is 220 Å². The van der Waals surface area contributed by atoms with E-state index in [1.807, 2.05) is 0 Å². The van der Waals surface area contributed by atoms with Gasteiger partial charge < -0.3 is 27.1 Å². The molecule has 6 heteroatoms. The van der Waals surface area contributed by atoms with Crippen LogP contribution in [0.5, 0.6) is 0 Å². The monoisotopic (exact) mass is 1290 g/mol. The maximum absolute atomic E-state index is 2.55. The fourth-order valence-electron chi connectivity index (χ4n) is 18.7. The van der Waals surface area contributed by atoms with E-state index in [-0.39, 0.29) is 0 Å². The molecule has 0 amide bonds. The van der Waals surface area contributed by atoms with E-state index in [0.717, 1.165) is 11.2 Å². The molecule has 0 saturated heterocycles. The van der Waals surface area contributed by atoms with Gasteiger partial charge in [-0.1, -0.05) is 218 Å². The highest BCUT2D eigenvalue weighted by Gasteiger charge is 2.28. The highest BCUT2D eigenvalue weighted by molar-refractivity contribution is 6.30. The molecule has 0 spiro atoms. The van der Waals surface area contributed by atoms with Gasteiger partial charge in [-0.05, 0) is 155 Å². The molecule has 24 aromatic rings. The van der Waals surface area contributed by atoms with Crippen molar-refractivity contribution in [3.63, 3.8) is 0 Å². The zero-order valence-corrected chi connectivity index (χ0v) is 55.0.